The van der Waals surface area contributed by atoms with Crippen LogP contribution < -0.4 is 16.4 Å². The zero-order valence-electron chi connectivity index (χ0n) is 13.9. The van der Waals surface area contributed by atoms with Gasteiger partial charge in [-0.15, -0.1) is 0 Å². The molecule has 4 N–H and O–H groups in total. The van der Waals surface area contributed by atoms with Crippen LogP contribution in [-0.4, -0.2) is 53.6 Å². The van der Waals surface area contributed by atoms with E-state index < -0.39 is 0 Å². The SMILES string of the molecule is Nc1nc(Cl)c(Cl)c(N2CCN(CC[C@H]3CC[C@H](N)CC3)CC2)n1. The van der Waals surface area contributed by atoms with E-state index in [1.807, 2.05) is 0 Å². The molecular formula is C16H26Cl2N6. The Labute approximate surface area is 153 Å². The summed E-state index contributed by atoms with van der Waals surface area (Å²) in [5.74, 6) is 1.66. The minimum atomic E-state index is 0.164. The van der Waals surface area contributed by atoms with Crippen molar-refractivity contribution in [2.24, 2.45) is 11.7 Å². The van der Waals surface area contributed by atoms with Gasteiger partial charge in [-0.2, -0.15) is 9.97 Å². The Morgan fingerprint density at radius 3 is 2.33 bits per heavy atom. The lowest BCUT2D eigenvalue weighted by Gasteiger charge is -2.36. The van der Waals surface area contributed by atoms with Crippen molar-refractivity contribution in [3.05, 3.63) is 10.2 Å². The lowest BCUT2D eigenvalue weighted by atomic mass is 9.84. The predicted octanol–water partition coefficient (Wildman–Crippen LogP) is 2.40. The molecule has 1 aliphatic carbocycles. The van der Waals surface area contributed by atoms with Gasteiger partial charge in [0.25, 0.3) is 0 Å². The van der Waals surface area contributed by atoms with E-state index in [9.17, 15) is 0 Å². The van der Waals surface area contributed by atoms with Crippen LogP contribution in [0, 0.1) is 5.92 Å². The molecular weight excluding hydrogens is 347 g/mol. The Balaban J connectivity index is 1.48. The number of aromatic nitrogens is 2. The highest BCUT2D eigenvalue weighted by Gasteiger charge is 2.24. The maximum atomic E-state index is 6.23. The van der Waals surface area contributed by atoms with Gasteiger partial charge < -0.3 is 16.4 Å². The molecule has 2 fully saturated rings. The average Bonchev–Trinajstić information content (AvgIpc) is 2.58. The summed E-state index contributed by atoms with van der Waals surface area (Å²) in [6, 6.07) is 0.432. The van der Waals surface area contributed by atoms with Crippen LogP contribution >= 0.6 is 23.2 Å². The third-order valence-corrected chi connectivity index (χ3v) is 5.95. The lowest BCUT2D eigenvalue weighted by molar-refractivity contribution is 0.216. The number of anilines is 2. The second-order valence-electron chi connectivity index (χ2n) is 6.91. The first kappa shape index (κ1) is 18.0. The molecule has 1 aromatic rings. The van der Waals surface area contributed by atoms with E-state index in [1.54, 1.807) is 0 Å². The van der Waals surface area contributed by atoms with E-state index in [1.165, 1.54) is 32.1 Å². The maximum absolute atomic E-state index is 6.23. The Bertz CT molecular complexity index is 554. The van der Waals surface area contributed by atoms with E-state index in [-0.39, 0.29) is 11.1 Å². The third-order valence-electron chi connectivity index (χ3n) is 5.23. The number of nitrogen functional groups attached to an aromatic ring is 1. The smallest absolute Gasteiger partial charge is 0.223 e. The quantitative estimate of drug-likeness (QED) is 0.789. The molecule has 24 heavy (non-hydrogen) atoms. The molecule has 1 saturated carbocycles. The summed E-state index contributed by atoms with van der Waals surface area (Å²) >= 11 is 12.2. The van der Waals surface area contributed by atoms with Gasteiger partial charge in [0.05, 0.1) is 0 Å². The molecule has 0 unspecified atom stereocenters. The van der Waals surface area contributed by atoms with Gasteiger partial charge in [0.15, 0.2) is 11.0 Å². The van der Waals surface area contributed by atoms with Crippen molar-refractivity contribution >= 4 is 35.0 Å². The average molecular weight is 373 g/mol. The fourth-order valence-electron chi connectivity index (χ4n) is 3.66. The number of hydrogen-bond donors (Lipinski definition) is 2. The van der Waals surface area contributed by atoms with Gasteiger partial charge in [-0.25, -0.2) is 0 Å². The number of nitrogens with zero attached hydrogens (tertiary/aromatic N) is 4. The topological polar surface area (TPSA) is 84.3 Å². The van der Waals surface area contributed by atoms with Crippen LogP contribution in [0.3, 0.4) is 0 Å². The Morgan fingerprint density at radius 1 is 1.00 bits per heavy atom. The van der Waals surface area contributed by atoms with E-state index in [2.05, 4.69) is 19.8 Å². The summed E-state index contributed by atoms with van der Waals surface area (Å²) in [4.78, 5) is 12.8. The molecule has 1 aromatic heterocycles. The molecule has 0 aromatic carbocycles. The van der Waals surface area contributed by atoms with Crippen molar-refractivity contribution in [2.45, 2.75) is 38.1 Å². The highest BCUT2D eigenvalue weighted by Crippen LogP contribution is 2.31. The van der Waals surface area contributed by atoms with E-state index >= 15 is 0 Å². The van der Waals surface area contributed by atoms with E-state index in [0.717, 1.165) is 38.6 Å². The van der Waals surface area contributed by atoms with E-state index in [4.69, 9.17) is 34.7 Å². The predicted molar refractivity (Wildman–Crippen MR) is 99.7 cm³/mol. The first-order valence-corrected chi connectivity index (χ1v) is 9.50. The molecule has 0 amide bonds. The second kappa shape index (κ2) is 8.04. The van der Waals surface area contributed by atoms with Crippen molar-refractivity contribution in [3.63, 3.8) is 0 Å². The standard InChI is InChI=1S/C16H26Cl2N6/c17-13-14(18)21-16(20)22-15(13)24-9-7-23(8-10-24)6-5-11-1-3-12(19)4-2-11/h11-12H,1-10,19H2,(H2,20,21,22)/t11-,12-. The molecule has 6 nitrogen and oxygen atoms in total. The minimum Gasteiger partial charge on any atom is -0.368 e. The molecule has 3 rings (SSSR count). The normalized spacial score (nSPS) is 25.9. The Morgan fingerprint density at radius 2 is 1.67 bits per heavy atom. The molecule has 0 atom stereocenters. The van der Waals surface area contributed by atoms with Crippen LogP contribution in [0.25, 0.3) is 0 Å². The molecule has 2 heterocycles. The van der Waals surface area contributed by atoms with Gasteiger partial charge in [0.2, 0.25) is 5.95 Å². The Kier molecular flexibility index (Phi) is 6.02. The fourth-order valence-corrected chi connectivity index (χ4v) is 4.03. The van der Waals surface area contributed by atoms with Crippen LogP contribution in [-0.2, 0) is 0 Å². The van der Waals surface area contributed by atoms with Gasteiger partial charge in [-0.05, 0) is 44.6 Å². The van der Waals surface area contributed by atoms with E-state index in [0.29, 0.717) is 16.9 Å². The number of halogens is 2. The first-order chi connectivity index (χ1) is 11.5. The Hall–Kier alpha value is -0.820. The maximum Gasteiger partial charge on any atom is 0.223 e. The highest BCUT2D eigenvalue weighted by atomic mass is 35.5. The van der Waals surface area contributed by atoms with Gasteiger partial charge in [-0.3, -0.25) is 4.90 Å². The van der Waals surface area contributed by atoms with Crippen molar-refractivity contribution in [2.75, 3.05) is 43.4 Å². The van der Waals surface area contributed by atoms with Crippen molar-refractivity contribution in [1.29, 1.82) is 0 Å². The largest absolute Gasteiger partial charge is 0.368 e. The second-order valence-corrected chi connectivity index (χ2v) is 7.64. The molecule has 134 valence electrons. The van der Waals surface area contributed by atoms with Crippen LogP contribution in [0.4, 0.5) is 11.8 Å². The zero-order valence-corrected chi connectivity index (χ0v) is 15.4. The fraction of sp³-hybridized carbons (Fsp3) is 0.750. The molecule has 2 aliphatic rings. The molecule has 1 aliphatic heterocycles. The highest BCUT2D eigenvalue weighted by molar-refractivity contribution is 6.42. The monoisotopic (exact) mass is 372 g/mol. The summed E-state index contributed by atoms with van der Waals surface area (Å²) in [5, 5.41) is 0.606. The zero-order chi connectivity index (χ0) is 17.1. The summed E-state index contributed by atoms with van der Waals surface area (Å²) < 4.78 is 0. The van der Waals surface area contributed by atoms with Crippen LogP contribution in [0.15, 0.2) is 0 Å². The van der Waals surface area contributed by atoms with Gasteiger partial charge in [-0.1, -0.05) is 23.2 Å². The number of nitrogens with two attached hydrogens (primary N) is 2. The molecule has 0 spiro atoms. The summed E-state index contributed by atoms with van der Waals surface area (Å²) in [5.41, 5.74) is 11.7. The molecule has 0 bridgehead atoms. The van der Waals surface area contributed by atoms with Gasteiger partial charge in [0.1, 0.15) is 5.02 Å². The number of hydrogen-bond acceptors (Lipinski definition) is 6. The van der Waals surface area contributed by atoms with Crippen LogP contribution in [0.2, 0.25) is 10.2 Å². The van der Waals surface area contributed by atoms with Gasteiger partial charge >= 0.3 is 0 Å². The number of rotatable bonds is 4. The lowest BCUT2D eigenvalue weighted by Crippen LogP contribution is -2.47. The minimum absolute atomic E-state index is 0.164. The summed E-state index contributed by atoms with van der Waals surface area (Å²) in [6.45, 7) is 4.92. The van der Waals surface area contributed by atoms with Gasteiger partial charge in [0, 0.05) is 32.2 Å². The summed E-state index contributed by atoms with van der Waals surface area (Å²) in [6.07, 6.45) is 6.23. The van der Waals surface area contributed by atoms with Crippen molar-refractivity contribution < 1.29 is 0 Å². The van der Waals surface area contributed by atoms with Crippen molar-refractivity contribution in [1.82, 2.24) is 14.9 Å². The van der Waals surface area contributed by atoms with Crippen LogP contribution in [0.5, 0.6) is 0 Å². The van der Waals surface area contributed by atoms with Crippen LogP contribution in [0.1, 0.15) is 32.1 Å². The first-order valence-electron chi connectivity index (χ1n) is 8.74. The third kappa shape index (κ3) is 4.42. The number of piperazine rings is 1. The molecule has 0 radical (unpaired) electrons. The molecule has 8 heteroatoms. The van der Waals surface area contributed by atoms with Crippen molar-refractivity contribution in [3.8, 4) is 0 Å². The summed E-state index contributed by atoms with van der Waals surface area (Å²) in [7, 11) is 0. The molecule has 1 saturated heterocycles.